The van der Waals surface area contributed by atoms with Crippen molar-refractivity contribution in [3.8, 4) is 11.5 Å². The van der Waals surface area contributed by atoms with Gasteiger partial charge in [0.1, 0.15) is 18.1 Å². The summed E-state index contributed by atoms with van der Waals surface area (Å²) in [6.45, 7) is 3.80. The van der Waals surface area contributed by atoms with Crippen LogP contribution < -0.4 is 25.5 Å². The molecule has 13 heteroatoms. The molecule has 1 aliphatic heterocycles. The zero-order chi connectivity index (χ0) is 30.9. The number of thiocarbonyl (C=S) groups is 1. The molecular formula is C30H27BrClIN4O5S. The lowest BCUT2D eigenvalue weighted by molar-refractivity contribution is -0.139. The van der Waals surface area contributed by atoms with Crippen molar-refractivity contribution in [2.24, 2.45) is 5.10 Å². The summed E-state index contributed by atoms with van der Waals surface area (Å²) < 4.78 is 18.7. The first-order valence-corrected chi connectivity index (χ1v) is 15.7. The van der Waals surface area contributed by atoms with Crippen molar-refractivity contribution < 1.29 is 23.8 Å². The van der Waals surface area contributed by atoms with Crippen LogP contribution in [0, 0.1) is 3.57 Å². The van der Waals surface area contributed by atoms with Crippen LogP contribution >= 0.6 is 62.3 Å². The van der Waals surface area contributed by atoms with Crippen LogP contribution in [0.25, 0.3) is 0 Å². The van der Waals surface area contributed by atoms with E-state index in [4.69, 9.17) is 38.0 Å². The second kappa shape index (κ2) is 15.5. The molecule has 1 aliphatic rings. The highest BCUT2D eigenvalue weighted by atomic mass is 127. The summed E-state index contributed by atoms with van der Waals surface area (Å²) in [5.74, 6) is 0.167. The molecule has 0 saturated carbocycles. The molecule has 0 radical (unpaired) electrons. The van der Waals surface area contributed by atoms with Gasteiger partial charge in [0.15, 0.2) is 11.7 Å². The van der Waals surface area contributed by atoms with E-state index in [0.717, 1.165) is 19.2 Å². The fraction of sp³-hybridized carbons (Fsp3) is 0.200. The van der Waals surface area contributed by atoms with Crippen LogP contribution in [0.15, 0.2) is 81.5 Å². The summed E-state index contributed by atoms with van der Waals surface area (Å²) >= 11 is 17.0. The molecule has 0 aromatic heterocycles. The molecule has 224 valence electrons. The van der Waals surface area contributed by atoms with E-state index in [-0.39, 0.29) is 13.2 Å². The van der Waals surface area contributed by atoms with E-state index in [1.54, 1.807) is 32.0 Å². The van der Waals surface area contributed by atoms with E-state index in [2.05, 4.69) is 59.7 Å². The molecule has 4 rings (SSSR count). The van der Waals surface area contributed by atoms with Gasteiger partial charge >= 0.3 is 5.97 Å². The molecule has 0 spiro atoms. The molecule has 1 heterocycles. The lowest BCUT2D eigenvalue weighted by Crippen LogP contribution is -2.45. The van der Waals surface area contributed by atoms with Crippen molar-refractivity contribution in [1.82, 2.24) is 16.1 Å². The summed E-state index contributed by atoms with van der Waals surface area (Å²) in [4.78, 5) is 25.3. The van der Waals surface area contributed by atoms with Crippen LogP contribution in [-0.4, -0.2) is 36.4 Å². The van der Waals surface area contributed by atoms with Crippen LogP contribution in [0.1, 0.15) is 36.6 Å². The van der Waals surface area contributed by atoms with E-state index in [0.29, 0.717) is 45.1 Å². The Morgan fingerprint density at radius 2 is 1.91 bits per heavy atom. The maximum absolute atomic E-state index is 12.7. The van der Waals surface area contributed by atoms with Crippen molar-refractivity contribution in [2.45, 2.75) is 26.5 Å². The number of allylic oxidation sites excluding steroid dienone is 1. The van der Waals surface area contributed by atoms with Gasteiger partial charge in [-0.3, -0.25) is 4.79 Å². The molecule has 3 aromatic carbocycles. The highest BCUT2D eigenvalue weighted by Crippen LogP contribution is 2.34. The second-order valence-corrected chi connectivity index (χ2v) is 12.0. The first-order chi connectivity index (χ1) is 20.7. The Morgan fingerprint density at radius 1 is 1.16 bits per heavy atom. The van der Waals surface area contributed by atoms with Gasteiger partial charge < -0.3 is 24.8 Å². The summed E-state index contributed by atoms with van der Waals surface area (Å²) in [5, 5.41) is 11.2. The third-order valence-electron chi connectivity index (χ3n) is 6.07. The lowest BCUT2D eigenvalue weighted by atomic mass is 9.95. The molecule has 0 saturated heterocycles. The number of hydrazone groups is 1. The minimum absolute atomic E-state index is 0.226. The average molecular weight is 798 g/mol. The minimum Gasteiger partial charge on any atom is -0.487 e. The van der Waals surface area contributed by atoms with Crippen LogP contribution in [0.5, 0.6) is 11.5 Å². The Hall–Kier alpha value is -3.20. The van der Waals surface area contributed by atoms with Crippen molar-refractivity contribution in [3.63, 3.8) is 0 Å². The van der Waals surface area contributed by atoms with Crippen molar-refractivity contribution in [1.29, 1.82) is 0 Å². The van der Waals surface area contributed by atoms with E-state index in [9.17, 15) is 9.59 Å². The number of esters is 1. The number of carbonyl (C=O) groups excluding carboxylic acids is 2. The normalized spacial score (nSPS) is 14.6. The van der Waals surface area contributed by atoms with Gasteiger partial charge in [-0.2, -0.15) is 5.10 Å². The van der Waals surface area contributed by atoms with E-state index in [1.807, 2.05) is 42.5 Å². The van der Waals surface area contributed by atoms with Gasteiger partial charge in [0.2, 0.25) is 0 Å². The van der Waals surface area contributed by atoms with Gasteiger partial charge in [0, 0.05) is 16.3 Å². The summed E-state index contributed by atoms with van der Waals surface area (Å²) in [7, 11) is 0. The fourth-order valence-corrected chi connectivity index (χ4v) is 6.31. The molecule has 43 heavy (non-hydrogen) atoms. The molecule has 1 atom stereocenters. The number of amides is 1. The van der Waals surface area contributed by atoms with Gasteiger partial charge in [-0.05, 0) is 106 Å². The Labute approximate surface area is 281 Å². The van der Waals surface area contributed by atoms with E-state index < -0.39 is 17.9 Å². The number of halogens is 3. The Kier molecular flexibility index (Phi) is 11.8. The Bertz CT molecular complexity index is 1560. The predicted octanol–water partition coefficient (Wildman–Crippen LogP) is 6.17. The Morgan fingerprint density at radius 3 is 2.63 bits per heavy atom. The third-order valence-corrected chi connectivity index (χ3v) is 7.94. The number of rotatable bonds is 11. The van der Waals surface area contributed by atoms with Crippen LogP contribution in [0.3, 0.4) is 0 Å². The van der Waals surface area contributed by atoms with Gasteiger partial charge in [-0.25, -0.2) is 10.2 Å². The monoisotopic (exact) mass is 796 g/mol. The van der Waals surface area contributed by atoms with Crippen LogP contribution in [-0.2, 0) is 20.9 Å². The highest BCUT2D eigenvalue weighted by molar-refractivity contribution is 14.1. The third kappa shape index (κ3) is 8.91. The molecule has 0 bridgehead atoms. The quantitative estimate of drug-likeness (QED) is 0.0696. The topological polar surface area (TPSA) is 110 Å². The molecule has 0 aliphatic carbocycles. The first-order valence-electron chi connectivity index (χ1n) is 13.0. The molecular weight excluding hydrogens is 771 g/mol. The number of nitrogens with one attached hydrogen (secondary N) is 3. The van der Waals surface area contributed by atoms with Crippen molar-refractivity contribution >= 4 is 85.5 Å². The Balaban J connectivity index is 1.37. The van der Waals surface area contributed by atoms with Crippen LogP contribution in [0.4, 0.5) is 0 Å². The SMILES string of the molecule is CCOC(=O)C1=C(C)NC(=S)N[C@H]1c1ccccc1OCC(=O)NN=Cc1cc(Br)c(OCc2ccc(Cl)cc2)c(I)c1. The fourth-order valence-electron chi connectivity index (χ4n) is 4.14. The number of carbonyl (C=O) groups is 2. The number of hydrogen-bond donors (Lipinski definition) is 3. The number of hydrogen-bond acceptors (Lipinski definition) is 7. The number of ether oxygens (including phenoxy) is 3. The number of nitrogens with zero attached hydrogens (tertiary/aromatic N) is 1. The highest BCUT2D eigenvalue weighted by Gasteiger charge is 2.32. The smallest absolute Gasteiger partial charge is 0.338 e. The lowest BCUT2D eigenvalue weighted by Gasteiger charge is -2.30. The molecule has 0 unspecified atom stereocenters. The summed E-state index contributed by atoms with van der Waals surface area (Å²) in [6, 6.07) is 17.7. The zero-order valence-corrected chi connectivity index (χ0v) is 28.4. The minimum atomic E-state index is -0.621. The van der Waals surface area contributed by atoms with Gasteiger partial charge in [0.25, 0.3) is 5.91 Å². The molecule has 0 fully saturated rings. The van der Waals surface area contributed by atoms with Gasteiger partial charge in [0.05, 0.1) is 32.5 Å². The maximum Gasteiger partial charge on any atom is 0.338 e. The van der Waals surface area contributed by atoms with Gasteiger partial charge in [-0.15, -0.1) is 0 Å². The predicted molar refractivity (Wildman–Crippen MR) is 181 cm³/mol. The van der Waals surface area contributed by atoms with Crippen LogP contribution in [0.2, 0.25) is 5.02 Å². The summed E-state index contributed by atoms with van der Waals surface area (Å²) in [5.41, 5.74) is 5.81. The second-order valence-electron chi connectivity index (χ2n) is 9.14. The van der Waals surface area contributed by atoms with Crippen molar-refractivity contribution in [2.75, 3.05) is 13.2 Å². The molecule has 3 aromatic rings. The number of para-hydroxylation sites is 1. The zero-order valence-electron chi connectivity index (χ0n) is 23.1. The average Bonchev–Trinajstić information content (AvgIpc) is 2.96. The van der Waals surface area contributed by atoms with E-state index >= 15 is 0 Å². The summed E-state index contributed by atoms with van der Waals surface area (Å²) in [6.07, 6.45) is 1.53. The first kappa shape index (κ1) is 32.7. The van der Waals surface area contributed by atoms with Crippen molar-refractivity contribution in [3.05, 3.63) is 102 Å². The largest absolute Gasteiger partial charge is 0.487 e. The molecule has 9 nitrogen and oxygen atoms in total. The molecule has 3 N–H and O–H groups in total. The van der Waals surface area contributed by atoms with E-state index in [1.165, 1.54) is 6.21 Å². The standard InChI is InChI=1S/C30H27BrClIN4O5S/c1-3-40-29(39)26-17(2)35-30(43)36-27(26)21-6-4-5-7-24(21)41-16-25(38)37-34-14-19-12-22(31)28(23(33)13-19)42-15-18-8-10-20(32)11-9-18/h4-14,27H,3,15-16H2,1-2H3,(H,37,38)(H2,35,36,43)/t27-/m0/s1. The van der Waals surface area contributed by atoms with Gasteiger partial charge in [-0.1, -0.05) is 41.9 Å². The number of benzene rings is 3. The maximum atomic E-state index is 12.7. The molecule has 1 amide bonds.